The van der Waals surface area contributed by atoms with E-state index < -0.39 is 6.04 Å². The van der Waals surface area contributed by atoms with E-state index in [1.807, 2.05) is 43.5 Å². The van der Waals surface area contributed by atoms with Gasteiger partial charge in [0.25, 0.3) is 0 Å². The summed E-state index contributed by atoms with van der Waals surface area (Å²) in [6.07, 6.45) is 6.57. The van der Waals surface area contributed by atoms with E-state index in [1.165, 1.54) is 17.3 Å². The van der Waals surface area contributed by atoms with Gasteiger partial charge in [-0.15, -0.1) is 0 Å². The van der Waals surface area contributed by atoms with Gasteiger partial charge in [0.1, 0.15) is 18.7 Å². The largest absolute Gasteiger partial charge is 0.348 e. The molecule has 1 N–H and O–H groups in total. The van der Waals surface area contributed by atoms with Crippen molar-refractivity contribution < 1.29 is 4.79 Å². The molecule has 0 aliphatic rings. The summed E-state index contributed by atoms with van der Waals surface area (Å²) >= 11 is 0. The van der Waals surface area contributed by atoms with E-state index in [-0.39, 0.29) is 11.9 Å². The minimum Gasteiger partial charge on any atom is -0.348 e. The van der Waals surface area contributed by atoms with Gasteiger partial charge in [-0.25, -0.2) is 14.3 Å². The molecule has 1 aromatic carbocycles. The lowest BCUT2D eigenvalue weighted by atomic mass is 10.1. The minimum atomic E-state index is -0.408. The van der Waals surface area contributed by atoms with Gasteiger partial charge >= 0.3 is 0 Å². The van der Waals surface area contributed by atoms with Gasteiger partial charge in [0.15, 0.2) is 0 Å². The maximum atomic E-state index is 12.3. The summed E-state index contributed by atoms with van der Waals surface area (Å²) in [7, 11) is 0. The van der Waals surface area contributed by atoms with Crippen LogP contribution in [0, 0.1) is 0 Å². The van der Waals surface area contributed by atoms with Crippen LogP contribution >= 0.6 is 0 Å². The van der Waals surface area contributed by atoms with Crippen LogP contribution in [-0.4, -0.2) is 30.5 Å². The molecule has 7 nitrogen and oxygen atoms in total. The third kappa shape index (κ3) is 3.28. The first-order valence-electron chi connectivity index (χ1n) is 7.39. The first-order chi connectivity index (χ1) is 11.1. The minimum absolute atomic E-state index is 0.104. The molecule has 0 bridgehead atoms. The SMILES string of the molecule is CC(NC(=O)C(C)n1cncn1)c1cccc(-n2cccn2)c1. The van der Waals surface area contributed by atoms with Gasteiger partial charge in [-0.1, -0.05) is 12.1 Å². The van der Waals surface area contributed by atoms with Crippen molar-refractivity contribution in [2.75, 3.05) is 0 Å². The third-order valence-corrected chi connectivity index (χ3v) is 3.71. The van der Waals surface area contributed by atoms with E-state index in [0.29, 0.717) is 0 Å². The first-order valence-corrected chi connectivity index (χ1v) is 7.39. The van der Waals surface area contributed by atoms with Crippen LogP contribution in [0.2, 0.25) is 0 Å². The van der Waals surface area contributed by atoms with Crippen molar-refractivity contribution in [1.82, 2.24) is 29.9 Å². The number of hydrogen-bond acceptors (Lipinski definition) is 4. The third-order valence-electron chi connectivity index (χ3n) is 3.71. The Morgan fingerprint density at radius 3 is 2.78 bits per heavy atom. The highest BCUT2D eigenvalue weighted by Crippen LogP contribution is 2.17. The average Bonchev–Trinajstić information content (AvgIpc) is 3.27. The van der Waals surface area contributed by atoms with E-state index in [9.17, 15) is 4.79 Å². The summed E-state index contributed by atoms with van der Waals surface area (Å²) in [4.78, 5) is 16.2. The fourth-order valence-electron chi connectivity index (χ4n) is 2.31. The Kier molecular flexibility index (Phi) is 4.18. The smallest absolute Gasteiger partial charge is 0.245 e. The number of carbonyl (C=O) groups is 1. The van der Waals surface area contributed by atoms with Crippen LogP contribution in [0.15, 0.2) is 55.4 Å². The van der Waals surface area contributed by atoms with Crippen molar-refractivity contribution >= 4 is 5.91 Å². The Balaban J connectivity index is 1.72. The second kappa shape index (κ2) is 6.43. The van der Waals surface area contributed by atoms with Crippen molar-refractivity contribution in [3.05, 3.63) is 60.9 Å². The van der Waals surface area contributed by atoms with Crippen molar-refractivity contribution in [2.45, 2.75) is 25.9 Å². The molecule has 0 radical (unpaired) electrons. The van der Waals surface area contributed by atoms with Gasteiger partial charge in [-0.05, 0) is 37.6 Å². The summed E-state index contributed by atoms with van der Waals surface area (Å²) < 4.78 is 3.32. The molecular weight excluding hydrogens is 292 g/mol. The van der Waals surface area contributed by atoms with Crippen molar-refractivity contribution in [3.8, 4) is 5.69 Å². The van der Waals surface area contributed by atoms with Crippen molar-refractivity contribution in [2.24, 2.45) is 0 Å². The molecule has 0 saturated heterocycles. The molecule has 2 atom stereocenters. The van der Waals surface area contributed by atoms with Crippen molar-refractivity contribution in [3.63, 3.8) is 0 Å². The topological polar surface area (TPSA) is 77.6 Å². The lowest BCUT2D eigenvalue weighted by Gasteiger charge is -2.18. The molecule has 2 unspecified atom stereocenters. The first kappa shape index (κ1) is 15.0. The predicted molar refractivity (Wildman–Crippen MR) is 84.9 cm³/mol. The molecule has 0 aliphatic carbocycles. The molecule has 2 heterocycles. The van der Waals surface area contributed by atoms with E-state index in [2.05, 4.69) is 20.5 Å². The molecule has 7 heteroatoms. The quantitative estimate of drug-likeness (QED) is 0.781. The van der Waals surface area contributed by atoms with Gasteiger partial charge in [0.05, 0.1) is 11.7 Å². The maximum Gasteiger partial charge on any atom is 0.245 e. The van der Waals surface area contributed by atoms with Gasteiger partial charge in [-0.2, -0.15) is 10.2 Å². The monoisotopic (exact) mass is 310 g/mol. The van der Waals surface area contributed by atoms with Crippen LogP contribution in [0.5, 0.6) is 0 Å². The molecule has 3 aromatic rings. The van der Waals surface area contributed by atoms with Gasteiger partial charge < -0.3 is 5.32 Å². The zero-order chi connectivity index (χ0) is 16.2. The predicted octanol–water partition coefficient (Wildman–Crippen LogP) is 1.90. The highest BCUT2D eigenvalue weighted by Gasteiger charge is 2.18. The Labute approximate surface area is 134 Å². The van der Waals surface area contributed by atoms with E-state index >= 15 is 0 Å². The van der Waals surface area contributed by atoms with Crippen LogP contribution in [0.25, 0.3) is 5.69 Å². The van der Waals surface area contributed by atoms with Crippen molar-refractivity contribution in [1.29, 1.82) is 0 Å². The fourth-order valence-corrected chi connectivity index (χ4v) is 2.31. The number of nitrogens with zero attached hydrogens (tertiary/aromatic N) is 5. The number of aromatic nitrogens is 5. The highest BCUT2D eigenvalue weighted by molar-refractivity contribution is 5.80. The number of carbonyl (C=O) groups excluding carboxylic acids is 1. The average molecular weight is 310 g/mol. The Hall–Kier alpha value is -2.96. The molecule has 1 amide bonds. The summed E-state index contributed by atoms with van der Waals surface area (Å²) in [5, 5.41) is 11.2. The van der Waals surface area contributed by atoms with Gasteiger partial charge in [0, 0.05) is 12.4 Å². The summed E-state index contributed by atoms with van der Waals surface area (Å²) in [6, 6.07) is 9.27. The molecule has 0 fully saturated rings. The number of benzene rings is 1. The van der Waals surface area contributed by atoms with E-state index in [0.717, 1.165) is 11.3 Å². The second-order valence-electron chi connectivity index (χ2n) is 5.33. The number of hydrogen-bond donors (Lipinski definition) is 1. The molecule has 0 saturated carbocycles. The molecule has 3 rings (SSSR count). The molecule has 2 aromatic heterocycles. The second-order valence-corrected chi connectivity index (χ2v) is 5.33. The van der Waals surface area contributed by atoms with E-state index in [4.69, 9.17) is 0 Å². The number of rotatable bonds is 5. The summed E-state index contributed by atoms with van der Waals surface area (Å²) in [5.74, 6) is -0.104. The lowest BCUT2D eigenvalue weighted by Crippen LogP contribution is -2.33. The number of nitrogens with one attached hydrogen (secondary N) is 1. The summed E-state index contributed by atoms with van der Waals surface area (Å²) in [5.41, 5.74) is 1.97. The molecule has 23 heavy (non-hydrogen) atoms. The fraction of sp³-hybridized carbons (Fsp3) is 0.250. The molecule has 0 spiro atoms. The maximum absolute atomic E-state index is 12.3. The van der Waals surface area contributed by atoms with Crippen LogP contribution in [0.1, 0.15) is 31.5 Å². The molecule has 118 valence electrons. The zero-order valence-electron chi connectivity index (χ0n) is 13.0. The summed E-state index contributed by atoms with van der Waals surface area (Å²) in [6.45, 7) is 3.74. The molecular formula is C16H18N6O. The van der Waals surface area contributed by atoms with Crippen LogP contribution in [0.4, 0.5) is 0 Å². The van der Waals surface area contributed by atoms with Crippen LogP contribution in [-0.2, 0) is 4.79 Å². The van der Waals surface area contributed by atoms with Crippen LogP contribution < -0.4 is 5.32 Å². The Morgan fingerprint density at radius 2 is 2.09 bits per heavy atom. The standard InChI is InChI=1S/C16H18N6O/c1-12(20-16(23)13(2)22-11-17-10-19-22)14-5-3-6-15(9-14)21-8-4-7-18-21/h3-13H,1-2H3,(H,20,23). The Morgan fingerprint density at radius 1 is 1.22 bits per heavy atom. The van der Waals surface area contributed by atoms with Crippen LogP contribution in [0.3, 0.4) is 0 Å². The zero-order valence-corrected chi connectivity index (χ0v) is 13.0. The number of amides is 1. The normalized spacial score (nSPS) is 13.5. The lowest BCUT2D eigenvalue weighted by molar-refractivity contribution is -0.124. The van der Waals surface area contributed by atoms with Gasteiger partial charge in [0.2, 0.25) is 5.91 Å². The van der Waals surface area contributed by atoms with Gasteiger partial charge in [-0.3, -0.25) is 4.79 Å². The van der Waals surface area contributed by atoms with E-state index in [1.54, 1.807) is 17.8 Å². The highest BCUT2D eigenvalue weighted by atomic mass is 16.2. The molecule has 0 aliphatic heterocycles. The Bertz CT molecular complexity index is 766.